The number of likely N-dealkylation sites (tertiary alicyclic amines) is 1. The fourth-order valence-electron chi connectivity index (χ4n) is 3.12. The smallest absolute Gasteiger partial charge is 0.230 e. The van der Waals surface area contributed by atoms with Crippen molar-refractivity contribution in [2.75, 3.05) is 19.7 Å². The van der Waals surface area contributed by atoms with E-state index in [0.29, 0.717) is 41.5 Å². The molecule has 0 radical (unpaired) electrons. The van der Waals surface area contributed by atoms with E-state index in [9.17, 15) is 9.59 Å². The number of hydrogen-bond donors (Lipinski definition) is 0. The van der Waals surface area contributed by atoms with Crippen LogP contribution in [-0.4, -0.2) is 41.3 Å². The first-order valence-corrected chi connectivity index (χ1v) is 10.3. The van der Waals surface area contributed by atoms with Crippen molar-refractivity contribution in [3.05, 3.63) is 70.5 Å². The number of aromatic nitrogens is 1. The molecular formula is C22H20N2O4S. The maximum Gasteiger partial charge on any atom is 0.230 e. The minimum atomic E-state index is -0.112. The van der Waals surface area contributed by atoms with E-state index < -0.39 is 0 Å². The van der Waals surface area contributed by atoms with E-state index in [-0.39, 0.29) is 17.6 Å². The highest BCUT2D eigenvalue weighted by molar-refractivity contribution is 7.12. The number of benzene rings is 1. The van der Waals surface area contributed by atoms with Crippen molar-refractivity contribution in [2.45, 2.75) is 12.8 Å². The minimum Gasteiger partial charge on any atom is -0.492 e. The quantitative estimate of drug-likeness (QED) is 0.524. The summed E-state index contributed by atoms with van der Waals surface area (Å²) in [6.07, 6.45) is 3.16. The summed E-state index contributed by atoms with van der Waals surface area (Å²) in [7, 11) is 0. The molecule has 148 valence electrons. The third kappa shape index (κ3) is 4.63. The van der Waals surface area contributed by atoms with Gasteiger partial charge in [-0.15, -0.1) is 11.3 Å². The first-order valence-electron chi connectivity index (χ1n) is 9.42. The summed E-state index contributed by atoms with van der Waals surface area (Å²) in [5, 5.41) is 1.86. The van der Waals surface area contributed by atoms with Gasteiger partial charge in [0, 0.05) is 19.2 Å². The van der Waals surface area contributed by atoms with Gasteiger partial charge in [-0.3, -0.25) is 9.59 Å². The van der Waals surface area contributed by atoms with Gasteiger partial charge in [0.25, 0.3) is 0 Å². The highest BCUT2D eigenvalue weighted by Crippen LogP contribution is 2.27. The highest BCUT2D eigenvalue weighted by Gasteiger charge is 2.19. The van der Waals surface area contributed by atoms with Crippen molar-refractivity contribution in [3.8, 4) is 17.4 Å². The molecule has 2 aromatic heterocycles. The zero-order valence-electron chi connectivity index (χ0n) is 15.7. The van der Waals surface area contributed by atoms with Gasteiger partial charge in [-0.1, -0.05) is 6.07 Å². The molecule has 0 bridgehead atoms. The molecule has 0 spiro atoms. The van der Waals surface area contributed by atoms with Crippen LogP contribution < -0.4 is 9.47 Å². The molecule has 3 aromatic rings. The Hall–Kier alpha value is -3.19. The Morgan fingerprint density at radius 3 is 2.66 bits per heavy atom. The van der Waals surface area contributed by atoms with Crippen LogP contribution in [0, 0.1) is 0 Å². The molecule has 29 heavy (non-hydrogen) atoms. The molecule has 3 heterocycles. The molecule has 0 N–H and O–H groups in total. The number of rotatable bonds is 8. The number of pyridine rings is 1. The fourth-order valence-corrected chi connectivity index (χ4v) is 3.79. The number of nitrogens with zero attached hydrogens (tertiary/aromatic N) is 2. The zero-order valence-corrected chi connectivity index (χ0v) is 16.6. The monoisotopic (exact) mass is 408 g/mol. The summed E-state index contributed by atoms with van der Waals surface area (Å²) >= 11 is 1.39. The van der Waals surface area contributed by atoms with Crippen molar-refractivity contribution >= 4 is 23.0 Å². The Labute approximate surface area is 172 Å². The lowest BCUT2D eigenvalue weighted by molar-refractivity contribution is -0.128. The molecular weight excluding hydrogens is 388 g/mol. The van der Waals surface area contributed by atoms with Gasteiger partial charge in [0.05, 0.1) is 17.0 Å². The Balaban J connectivity index is 1.38. The van der Waals surface area contributed by atoms with Gasteiger partial charge < -0.3 is 14.4 Å². The number of ketones is 1. The van der Waals surface area contributed by atoms with E-state index in [1.165, 1.54) is 11.3 Å². The lowest BCUT2D eigenvalue weighted by Crippen LogP contribution is -2.29. The Morgan fingerprint density at radius 2 is 1.93 bits per heavy atom. The van der Waals surface area contributed by atoms with Crippen LogP contribution in [0.5, 0.6) is 17.4 Å². The summed E-state index contributed by atoms with van der Waals surface area (Å²) < 4.78 is 11.6. The van der Waals surface area contributed by atoms with Gasteiger partial charge in [0.15, 0.2) is 0 Å². The van der Waals surface area contributed by atoms with Crippen LogP contribution >= 0.6 is 11.3 Å². The SMILES string of the molecule is O=C(c1cccs1)c1cccnc1Oc1ccc(OCCN2CCCC2=O)cc1. The van der Waals surface area contributed by atoms with Crippen LogP contribution in [0.1, 0.15) is 28.1 Å². The van der Waals surface area contributed by atoms with Crippen LogP contribution in [0.25, 0.3) is 0 Å². The van der Waals surface area contributed by atoms with E-state index in [2.05, 4.69) is 4.98 Å². The van der Waals surface area contributed by atoms with Crippen LogP contribution in [0.2, 0.25) is 0 Å². The topological polar surface area (TPSA) is 68.7 Å². The van der Waals surface area contributed by atoms with Gasteiger partial charge in [-0.2, -0.15) is 0 Å². The average Bonchev–Trinajstić information content (AvgIpc) is 3.42. The lowest BCUT2D eigenvalue weighted by Gasteiger charge is -2.16. The molecule has 6 nitrogen and oxygen atoms in total. The molecule has 1 aliphatic heterocycles. The molecule has 0 aliphatic carbocycles. The van der Waals surface area contributed by atoms with Crippen LogP contribution in [0.4, 0.5) is 0 Å². The summed E-state index contributed by atoms with van der Waals surface area (Å²) in [5.74, 6) is 1.61. The lowest BCUT2D eigenvalue weighted by atomic mass is 10.1. The molecule has 1 fully saturated rings. The molecule has 0 atom stereocenters. The molecule has 4 rings (SSSR count). The number of thiophene rings is 1. The van der Waals surface area contributed by atoms with E-state index in [0.717, 1.165) is 13.0 Å². The number of carbonyl (C=O) groups excluding carboxylic acids is 2. The molecule has 7 heteroatoms. The van der Waals surface area contributed by atoms with Gasteiger partial charge in [0.1, 0.15) is 18.1 Å². The number of carbonyl (C=O) groups is 2. The van der Waals surface area contributed by atoms with Gasteiger partial charge >= 0.3 is 0 Å². The van der Waals surface area contributed by atoms with E-state index in [1.54, 1.807) is 48.7 Å². The van der Waals surface area contributed by atoms with E-state index in [1.807, 2.05) is 16.3 Å². The Kier molecular flexibility index (Phi) is 5.86. The number of hydrogen-bond acceptors (Lipinski definition) is 6. The normalized spacial score (nSPS) is 13.5. The molecule has 1 aliphatic rings. The standard InChI is InChI=1S/C22H20N2O4S/c25-20-6-2-12-24(20)13-14-27-16-7-9-17(10-8-16)28-22-18(4-1-11-23-22)21(26)19-5-3-15-29-19/h1,3-5,7-11,15H,2,6,12-14H2. The molecule has 1 aromatic carbocycles. The average molecular weight is 408 g/mol. The maximum atomic E-state index is 12.7. The highest BCUT2D eigenvalue weighted by atomic mass is 32.1. The summed E-state index contributed by atoms with van der Waals surface area (Å²) in [6, 6.07) is 14.2. The van der Waals surface area contributed by atoms with E-state index >= 15 is 0 Å². The van der Waals surface area contributed by atoms with Crippen LogP contribution in [0.15, 0.2) is 60.1 Å². The Morgan fingerprint density at radius 1 is 1.10 bits per heavy atom. The molecule has 1 saturated heterocycles. The third-order valence-electron chi connectivity index (χ3n) is 4.60. The van der Waals surface area contributed by atoms with Crippen molar-refractivity contribution in [3.63, 3.8) is 0 Å². The second kappa shape index (κ2) is 8.87. The van der Waals surface area contributed by atoms with Gasteiger partial charge in [0.2, 0.25) is 17.6 Å². The summed E-state index contributed by atoms with van der Waals surface area (Å²) in [5.41, 5.74) is 0.422. The van der Waals surface area contributed by atoms with Gasteiger partial charge in [-0.05, 0) is 54.3 Å². The molecule has 0 saturated carbocycles. The maximum absolute atomic E-state index is 12.7. The van der Waals surface area contributed by atoms with E-state index in [4.69, 9.17) is 9.47 Å². The Bertz CT molecular complexity index is 986. The zero-order chi connectivity index (χ0) is 20.1. The van der Waals surface area contributed by atoms with Gasteiger partial charge in [-0.25, -0.2) is 4.98 Å². The second-order valence-corrected chi connectivity index (χ2v) is 7.52. The second-order valence-electron chi connectivity index (χ2n) is 6.57. The van der Waals surface area contributed by atoms with Crippen molar-refractivity contribution in [2.24, 2.45) is 0 Å². The predicted molar refractivity (Wildman–Crippen MR) is 110 cm³/mol. The first-order chi connectivity index (χ1) is 14.2. The van der Waals surface area contributed by atoms with Crippen molar-refractivity contribution in [1.82, 2.24) is 9.88 Å². The summed E-state index contributed by atoms with van der Waals surface area (Å²) in [6.45, 7) is 1.86. The number of amides is 1. The van der Waals surface area contributed by atoms with Crippen molar-refractivity contribution < 1.29 is 19.1 Å². The predicted octanol–water partition coefficient (Wildman–Crippen LogP) is 4.17. The van der Waals surface area contributed by atoms with Crippen LogP contribution in [-0.2, 0) is 4.79 Å². The fraction of sp³-hybridized carbons (Fsp3) is 0.227. The summed E-state index contributed by atoms with van der Waals surface area (Å²) in [4.78, 5) is 31.0. The largest absolute Gasteiger partial charge is 0.492 e. The number of ether oxygens (including phenoxy) is 2. The third-order valence-corrected chi connectivity index (χ3v) is 5.47. The minimum absolute atomic E-state index is 0.112. The molecule has 0 unspecified atom stereocenters. The first kappa shape index (κ1) is 19.1. The van der Waals surface area contributed by atoms with Crippen LogP contribution in [0.3, 0.4) is 0 Å². The molecule has 1 amide bonds. The van der Waals surface area contributed by atoms with Crippen molar-refractivity contribution in [1.29, 1.82) is 0 Å².